The number of nitrogens with zero attached hydrogens (tertiary/aromatic N) is 4. The van der Waals surface area contributed by atoms with Crippen molar-refractivity contribution in [2.75, 3.05) is 18.0 Å². The number of phenolic OH excluding ortho intramolecular Hbond substituents is 1. The molecule has 1 atom stereocenters. The van der Waals surface area contributed by atoms with Crippen LogP contribution >= 0.6 is 23.2 Å². The van der Waals surface area contributed by atoms with Crippen molar-refractivity contribution in [1.82, 2.24) is 20.1 Å². The molecule has 31 heavy (non-hydrogen) atoms. The summed E-state index contributed by atoms with van der Waals surface area (Å²) >= 11 is 12.5. The Morgan fingerprint density at radius 2 is 1.94 bits per heavy atom. The minimum absolute atomic E-state index is 0.100. The molecular weight excluding hydrogens is 441 g/mol. The number of halogens is 2. The molecule has 3 aromatic rings. The number of carbonyl (C=O) groups is 1. The molecule has 9 nitrogen and oxygen atoms in total. The number of rotatable bonds is 5. The molecular formula is C20H19Cl2N7O2. The number of hydrogen-bond donors (Lipinski definition) is 4. The second-order valence-electron chi connectivity index (χ2n) is 7.17. The van der Waals surface area contributed by atoms with Crippen LogP contribution in [0.15, 0.2) is 43.0 Å². The van der Waals surface area contributed by atoms with E-state index < -0.39 is 0 Å². The van der Waals surface area contributed by atoms with Crippen LogP contribution in [0.3, 0.4) is 0 Å². The number of amidine groups is 1. The molecule has 0 unspecified atom stereocenters. The maximum Gasteiger partial charge on any atom is 0.253 e. The van der Waals surface area contributed by atoms with Gasteiger partial charge in [0.2, 0.25) is 0 Å². The van der Waals surface area contributed by atoms with Crippen molar-refractivity contribution in [3.8, 4) is 11.4 Å². The predicted molar refractivity (Wildman–Crippen MR) is 119 cm³/mol. The molecule has 2 heterocycles. The summed E-state index contributed by atoms with van der Waals surface area (Å²) in [5, 5.41) is 29.3. The molecule has 11 heteroatoms. The van der Waals surface area contributed by atoms with Gasteiger partial charge in [0.15, 0.2) is 0 Å². The van der Waals surface area contributed by atoms with Crippen molar-refractivity contribution in [1.29, 1.82) is 5.41 Å². The summed E-state index contributed by atoms with van der Waals surface area (Å²) in [7, 11) is 0. The summed E-state index contributed by atoms with van der Waals surface area (Å²) in [6, 6.07) is 8.01. The van der Waals surface area contributed by atoms with Crippen LogP contribution in [0.1, 0.15) is 22.3 Å². The molecule has 4 rings (SSSR count). The highest BCUT2D eigenvalue weighted by Crippen LogP contribution is 2.36. The van der Waals surface area contributed by atoms with Gasteiger partial charge < -0.3 is 21.1 Å². The van der Waals surface area contributed by atoms with Crippen LogP contribution in [0.5, 0.6) is 5.75 Å². The molecule has 0 radical (unpaired) electrons. The molecule has 1 aliphatic heterocycles. The molecule has 1 aromatic heterocycles. The van der Waals surface area contributed by atoms with E-state index in [0.717, 1.165) is 5.69 Å². The van der Waals surface area contributed by atoms with Crippen LogP contribution in [-0.4, -0.2) is 50.7 Å². The fourth-order valence-corrected chi connectivity index (χ4v) is 4.05. The van der Waals surface area contributed by atoms with Crippen molar-refractivity contribution in [2.24, 2.45) is 5.73 Å². The van der Waals surface area contributed by atoms with Crippen LogP contribution in [0.4, 0.5) is 5.69 Å². The van der Waals surface area contributed by atoms with Crippen molar-refractivity contribution in [2.45, 2.75) is 12.5 Å². The summed E-state index contributed by atoms with van der Waals surface area (Å²) in [5.41, 5.74) is 7.29. The molecule has 0 aliphatic carbocycles. The number of amides is 1. The van der Waals surface area contributed by atoms with Crippen LogP contribution in [0.25, 0.3) is 5.69 Å². The molecule has 0 spiro atoms. The maximum absolute atomic E-state index is 12.8. The van der Waals surface area contributed by atoms with E-state index in [-0.39, 0.29) is 29.1 Å². The lowest BCUT2D eigenvalue weighted by molar-refractivity contribution is 0.0940. The van der Waals surface area contributed by atoms with E-state index in [1.807, 2.05) is 4.90 Å². The molecule has 160 valence electrons. The average Bonchev–Trinajstić information content (AvgIpc) is 3.41. The second-order valence-corrected chi connectivity index (χ2v) is 8.02. The van der Waals surface area contributed by atoms with Crippen molar-refractivity contribution >= 4 is 40.6 Å². The summed E-state index contributed by atoms with van der Waals surface area (Å²) in [6.45, 7) is 1.06. The molecule has 0 saturated carbocycles. The van der Waals surface area contributed by atoms with Gasteiger partial charge in [-0.15, -0.1) is 10.2 Å². The Hall–Kier alpha value is -3.30. The highest BCUT2D eigenvalue weighted by molar-refractivity contribution is 6.34. The molecule has 1 fully saturated rings. The Balaban J connectivity index is 1.46. The summed E-state index contributed by atoms with van der Waals surface area (Å²) < 4.78 is 1.69. The normalized spacial score (nSPS) is 15.8. The molecule has 1 saturated heterocycles. The molecule has 1 amide bonds. The van der Waals surface area contributed by atoms with Gasteiger partial charge in [0.1, 0.15) is 24.2 Å². The van der Waals surface area contributed by atoms with E-state index in [1.54, 1.807) is 41.5 Å². The number of aromatic hydroxyl groups is 1. The largest absolute Gasteiger partial charge is 0.505 e. The lowest BCUT2D eigenvalue weighted by atomic mass is 10.1. The number of carbonyl (C=O) groups excluding carboxylic acids is 1. The number of benzene rings is 2. The molecule has 0 bridgehead atoms. The standard InChI is InChI=1S/C20H19Cl2N7O2/c21-11-5-15(19(23)24)18(30)17(6-11)28-4-3-12(8-28)27-20(31)14-2-1-13(7-16(14)22)29-9-25-26-10-29/h1-2,5-7,9-10,12,30H,3-4,8H2,(H3,23,24)(H,27,31)/t12-/m1/s1. The van der Waals surface area contributed by atoms with E-state index in [9.17, 15) is 9.90 Å². The number of nitrogens with two attached hydrogens (primary N) is 1. The van der Waals surface area contributed by atoms with Crippen LogP contribution < -0.4 is 16.0 Å². The number of nitrogen functional groups attached to an aromatic ring is 1. The first kappa shape index (κ1) is 21.0. The predicted octanol–water partition coefficient (Wildman–Crippen LogP) is 2.57. The Morgan fingerprint density at radius 3 is 2.61 bits per heavy atom. The highest BCUT2D eigenvalue weighted by atomic mass is 35.5. The smallest absolute Gasteiger partial charge is 0.253 e. The minimum Gasteiger partial charge on any atom is -0.505 e. The quantitative estimate of drug-likeness (QED) is 0.342. The fraction of sp³-hybridized carbons (Fsp3) is 0.200. The third-order valence-electron chi connectivity index (χ3n) is 5.12. The van der Waals surface area contributed by atoms with Crippen molar-refractivity contribution in [3.05, 3.63) is 64.2 Å². The Labute approximate surface area is 187 Å². The summed E-state index contributed by atoms with van der Waals surface area (Å²) in [5.74, 6) is -0.654. The van der Waals surface area contributed by atoms with Gasteiger partial charge in [-0.1, -0.05) is 23.2 Å². The van der Waals surface area contributed by atoms with E-state index in [0.29, 0.717) is 40.8 Å². The summed E-state index contributed by atoms with van der Waals surface area (Å²) in [4.78, 5) is 14.7. The zero-order valence-electron chi connectivity index (χ0n) is 16.2. The van der Waals surface area contributed by atoms with Crippen molar-refractivity contribution < 1.29 is 9.90 Å². The third-order valence-corrected chi connectivity index (χ3v) is 5.65. The third kappa shape index (κ3) is 4.28. The van der Waals surface area contributed by atoms with Crippen LogP contribution in [0, 0.1) is 5.41 Å². The van der Waals surface area contributed by atoms with Crippen LogP contribution in [0.2, 0.25) is 10.0 Å². The summed E-state index contributed by atoms with van der Waals surface area (Å²) in [6.07, 6.45) is 3.76. The van der Waals surface area contributed by atoms with Gasteiger partial charge >= 0.3 is 0 Å². The monoisotopic (exact) mass is 459 g/mol. The number of hydrogen-bond acceptors (Lipinski definition) is 6. The van der Waals surface area contributed by atoms with E-state index in [4.69, 9.17) is 34.3 Å². The van der Waals surface area contributed by atoms with E-state index in [1.165, 1.54) is 6.07 Å². The van der Waals surface area contributed by atoms with E-state index >= 15 is 0 Å². The first-order valence-corrected chi connectivity index (χ1v) is 10.2. The fourth-order valence-electron chi connectivity index (χ4n) is 3.57. The van der Waals surface area contributed by atoms with Gasteiger partial charge in [-0.2, -0.15) is 0 Å². The van der Waals surface area contributed by atoms with E-state index in [2.05, 4.69) is 15.5 Å². The van der Waals surface area contributed by atoms with Gasteiger partial charge in [-0.3, -0.25) is 14.8 Å². The van der Waals surface area contributed by atoms with Gasteiger partial charge in [-0.05, 0) is 36.8 Å². The van der Waals surface area contributed by atoms with Gasteiger partial charge in [0.25, 0.3) is 5.91 Å². The lowest BCUT2D eigenvalue weighted by Gasteiger charge is -2.22. The van der Waals surface area contributed by atoms with Gasteiger partial charge in [0.05, 0.1) is 21.8 Å². The molecule has 5 N–H and O–H groups in total. The maximum atomic E-state index is 12.8. The average molecular weight is 460 g/mol. The van der Waals surface area contributed by atoms with Gasteiger partial charge in [-0.25, -0.2) is 0 Å². The zero-order valence-corrected chi connectivity index (χ0v) is 17.7. The molecule has 1 aliphatic rings. The highest BCUT2D eigenvalue weighted by Gasteiger charge is 2.28. The lowest BCUT2D eigenvalue weighted by Crippen LogP contribution is -2.37. The van der Waals surface area contributed by atoms with Gasteiger partial charge in [0, 0.05) is 29.8 Å². The molecule has 2 aromatic carbocycles. The number of nitrogens with one attached hydrogen (secondary N) is 2. The number of phenols is 1. The Bertz CT molecular complexity index is 1150. The topological polar surface area (TPSA) is 133 Å². The van der Waals surface area contributed by atoms with Crippen LogP contribution in [-0.2, 0) is 0 Å². The zero-order chi connectivity index (χ0) is 22.1. The second kappa shape index (κ2) is 8.44. The van der Waals surface area contributed by atoms with Crippen molar-refractivity contribution in [3.63, 3.8) is 0 Å². The first-order valence-electron chi connectivity index (χ1n) is 9.40. The Morgan fingerprint density at radius 1 is 1.19 bits per heavy atom. The number of aromatic nitrogens is 3. The number of anilines is 1. The minimum atomic E-state index is -0.285. The first-order chi connectivity index (χ1) is 14.8. The Kier molecular flexibility index (Phi) is 5.71. The SMILES string of the molecule is N=C(N)c1cc(Cl)cc(N2CC[C@@H](NC(=O)c3ccc(-n4cnnc4)cc3Cl)C2)c1O.